The third-order valence-electron chi connectivity index (χ3n) is 4.60. The molecule has 9 nitrogen and oxygen atoms in total. The van der Waals surface area contributed by atoms with Gasteiger partial charge in [0.2, 0.25) is 0 Å². The summed E-state index contributed by atoms with van der Waals surface area (Å²) in [6, 6.07) is 7.74. The molecule has 2 heterocycles. The zero-order chi connectivity index (χ0) is 21.7. The molecule has 3 rings (SSSR count). The molecule has 0 saturated carbocycles. The molecule has 0 bridgehead atoms. The van der Waals surface area contributed by atoms with Crippen LogP contribution in [0.4, 0.5) is 4.79 Å². The summed E-state index contributed by atoms with van der Waals surface area (Å²) in [5.41, 5.74) is 1.76. The van der Waals surface area contributed by atoms with Gasteiger partial charge in [-0.1, -0.05) is 42.4 Å². The number of rotatable bonds is 7. The van der Waals surface area contributed by atoms with Crippen molar-refractivity contribution in [1.82, 2.24) is 15.8 Å². The molecule has 1 unspecified atom stereocenters. The van der Waals surface area contributed by atoms with E-state index in [0.29, 0.717) is 23.4 Å². The smallest absolute Gasteiger partial charge is 0.344 e. The average Bonchev–Trinajstić information content (AvgIpc) is 3.12. The Hall–Kier alpha value is -3.62. The van der Waals surface area contributed by atoms with Gasteiger partial charge in [0.05, 0.1) is 29.6 Å². The highest BCUT2D eigenvalue weighted by Gasteiger charge is 2.34. The largest absolute Gasteiger partial charge is 0.463 e. The Morgan fingerprint density at radius 3 is 2.53 bits per heavy atom. The van der Waals surface area contributed by atoms with E-state index in [1.165, 1.54) is 0 Å². The standard InChI is InChI=1S/C21H23N3O6/c1-4-14-16(12(3)30-24-14)19(25)29-11-15-17(20(26)28-5-2)18(23-21(27)22-15)13-9-7-6-8-10-13/h6-10,18H,4-5,11H2,1-3H3,(H2,22,23,27). The lowest BCUT2D eigenvalue weighted by Crippen LogP contribution is -2.47. The van der Waals surface area contributed by atoms with Gasteiger partial charge in [0.15, 0.2) is 0 Å². The lowest BCUT2D eigenvalue weighted by atomic mass is 9.95. The van der Waals surface area contributed by atoms with E-state index in [9.17, 15) is 14.4 Å². The van der Waals surface area contributed by atoms with Crippen LogP contribution in [0, 0.1) is 6.92 Å². The van der Waals surface area contributed by atoms with Crippen LogP contribution in [0.15, 0.2) is 46.1 Å². The van der Waals surface area contributed by atoms with Gasteiger partial charge >= 0.3 is 18.0 Å². The highest BCUT2D eigenvalue weighted by molar-refractivity contribution is 5.96. The maximum atomic E-state index is 12.7. The van der Waals surface area contributed by atoms with Gasteiger partial charge in [-0.2, -0.15) is 0 Å². The highest BCUT2D eigenvalue weighted by Crippen LogP contribution is 2.28. The lowest BCUT2D eigenvalue weighted by molar-refractivity contribution is -0.139. The monoisotopic (exact) mass is 413 g/mol. The van der Waals surface area contributed by atoms with Crippen molar-refractivity contribution >= 4 is 18.0 Å². The molecule has 30 heavy (non-hydrogen) atoms. The minimum Gasteiger partial charge on any atom is -0.463 e. The second kappa shape index (κ2) is 9.25. The van der Waals surface area contributed by atoms with Gasteiger partial charge in [-0.3, -0.25) is 0 Å². The number of nitrogens with one attached hydrogen (secondary N) is 2. The van der Waals surface area contributed by atoms with Crippen LogP contribution in [0.5, 0.6) is 0 Å². The van der Waals surface area contributed by atoms with Gasteiger partial charge in [-0.05, 0) is 25.8 Å². The second-order valence-corrected chi connectivity index (χ2v) is 6.54. The van der Waals surface area contributed by atoms with Crippen molar-refractivity contribution in [2.75, 3.05) is 13.2 Å². The van der Waals surface area contributed by atoms with E-state index in [4.69, 9.17) is 14.0 Å². The first kappa shape index (κ1) is 21.1. The van der Waals surface area contributed by atoms with Gasteiger partial charge in [0, 0.05) is 0 Å². The Kier molecular flexibility index (Phi) is 6.51. The molecule has 0 aliphatic carbocycles. The number of esters is 2. The van der Waals surface area contributed by atoms with Crippen molar-refractivity contribution in [2.45, 2.75) is 33.2 Å². The van der Waals surface area contributed by atoms with Crippen molar-refractivity contribution in [3.63, 3.8) is 0 Å². The molecular weight excluding hydrogens is 390 g/mol. The summed E-state index contributed by atoms with van der Waals surface area (Å²) in [5.74, 6) is -0.918. The number of carbonyl (C=O) groups is 3. The molecule has 1 aliphatic heterocycles. The Morgan fingerprint density at radius 2 is 1.87 bits per heavy atom. The molecule has 9 heteroatoms. The van der Waals surface area contributed by atoms with Gasteiger partial charge in [-0.15, -0.1) is 0 Å². The van der Waals surface area contributed by atoms with E-state index < -0.39 is 24.0 Å². The minimum atomic E-state index is -0.740. The first-order valence-electron chi connectivity index (χ1n) is 9.61. The second-order valence-electron chi connectivity index (χ2n) is 6.54. The van der Waals surface area contributed by atoms with Crippen LogP contribution in [0.25, 0.3) is 0 Å². The molecule has 1 aromatic carbocycles. The summed E-state index contributed by atoms with van der Waals surface area (Å²) in [4.78, 5) is 37.5. The van der Waals surface area contributed by atoms with Crippen molar-refractivity contribution in [1.29, 1.82) is 0 Å². The highest BCUT2D eigenvalue weighted by atomic mass is 16.5. The van der Waals surface area contributed by atoms with Crippen molar-refractivity contribution in [3.8, 4) is 0 Å². The summed E-state index contributed by atoms with van der Waals surface area (Å²) >= 11 is 0. The molecule has 0 fully saturated rings. The predicted molar refractivity (Wildman–Crippen MR) is 105 cm³/mol. The minimum absolute atomic E-state index is 0.157. The lowest BCUT2D eigenvalue weighted by Gasteiger charge is -2.29. The third kappa shape index (κ3) is 4.35. The fraction of sp³-hybridized carbons (Fsp3) is 0.333. The summed E-state index contributed by atoms with van der Waals surface area (Å²) < 4.78 is 15.6. The molecule has 2 N–H and O–H groups in total. The molecule has 0 radical (unpaired) electrons. The van der Waals surface area contributed by atoms with Crippen LogP contribution in [0.2, 0.25) is 0 Å². The Bertz CT molecular complexity index is 980. The number of hydrogen-bond acceptors (Lipinski definition) is 7. The van der Waals surface area contributed by atoms with Crippen LogP contribution in [-0.2, 0) is 20.7 Å². The molecule has 0 saturated heterocycles. The molecule has 1 aliphatic rings. The maximum Gasteiger partial charge on any atom is 0.344 e. The average molecular weight is 413 g/mol. The first-order valence-corrected chi connectivity index (χ1v) is 9.61. The maximum absolute atomic E-state index is 12.7. The Balaban J connectivity index is 1.93. The summed E-state index contributed by atoms with van der Waals surface area (Å²) in [6.07, 6.45) is 0.495. The molecule has 0 spiro atoms. The van der Waals surface area contributed by atoms with Gasteiger partial charge in [-0.25, -0.2) is 14.4 Å². The number of carbonyl (C=O) groups excluding carboxylic acids is 3. The van der Waals surface area contributed by atoms with Crippen LogP contribution >= 0.6 is 0 Å². The number of aromatic nitrogens is 1. The van der Waals surface area contributed by atoms with Crippen LogP contribution in [-0.4, -0.2) is 36.3 Å². The van der Waals surface area contributed by atoms with Gasteiger partial charge < -0.3 is 24.6 Å². The Labute approximate surface area is 173 Å². The molecule has 1 atom stereocenters. The fourth-order valence-corrected chi connectivity index (χ4v) is 3.21. The fourth-order valence-electron chi connectivity index (χ4n) is 3.21. The van der Waals surface area contributed by atoms with Crippen molar-refractivity contribution in [2.24, 2.45) is 0 Å². The number of amides is 2. The topological polar surface area (TPSA) is 120 Å². The summed E-state index contributed by atoms with van der Waals surface area (Å²) in [7, 11) is 0. The van der Waals surface area contributed by atoms with Crippen LogP contribution < -0.4 is 10.6 Å². The molecule has 158 valence electrons. The van der Waals surface area contributed by atoms with E-state index in [2.05, 4.69) is 15.8 Å². The first-order chi connectivity index (χ1) is 14.5. The van der Waals surface area contributed by atoms with Crippen LogP contribution in [0.3, 0.4) is 0 Å². The van der Waals surface area contributed by atoms with E-state index in [0.717, 1.165) is 0 Å². The zero-order valence-corrected chi connectivity index (χ0v) is 17.0. The third-order valence-corrected chi connectivity index (χ3v) is 4.60. The number of aryl methyl sites for hydroxylation is 2. The van der Waals surface area contributed by atoms with Gasteiger partial charge in [0.25, 0.3) is 0 Å². The van der Waals surface area contributed by atoms with E-state index >= 15 is 0 Å². The van der Waals surface area contributed by atoms with Gasteiger partial charge in [0.1, 0.15) is 17.9 Å². The van der Waals surface area contributed by atoms with Crippen molar-refractivity contribution < 1.29 is 28.4 Å². The number of urea groups is 1. The van der Waals surface area contributed by atoms with E-state index in [-0.39, 0.29) is 30.0 Å². The van der Waals surface area contributed by atoms with Crippen molar-refractivity contribution in [3.05, 3.63) is 64.2 Å². The summed E-state index contributed by atoms with van der Waals surface area (Å²) in [5, 5.41) is 9.12. The predicted octanol–water partition coefficient (Wildman–Crippen LogP) is 2.57. The molecule has 2 amide bonds. The SMILES string of the molecule is CCOC(=O)C1=C(COC(=O)c2c(CC)noc2C)NC(=O)NC1c1ccccc1. The van der Waals surface area contributed by atoms with E-state index in [1.54, 1.807) is 38.1 Å². The van der Waals surface area contributed by atoms with E-state index in [1.807, 2.05) is 13.0 Å². The normalized spacial score (nSPS) is 16.0. The molecule has 2 aromatic rings. The number of hydrogen-bond donors (Lipinski definition) is 2. The quantitative estimate of drug-likeness (QED) is 0.670. The summed E-state index contributed by atoms with van der Waals surface area (Å²) in [6.45, 7) is 4.98. The zero-order valence-electron chi connectivity index (χ0n) is 17.0. The molecular formula is C21H23N3O6. The number of ether oxygens (including phenoxy) is 2. The number of benzene rings is 1. The number of nitrogens with zero attached hydrogens (tertiary/aromatic N) is 1. The van der Waals surface area contributed by atoms with Crippen LogP contribution in [0.1, 0.15) is 47.3 Å². The Morgan fingerprint density at radius 1 is 1.13 bits per heavy atom. The molecule has 1 aromatic heterocycles.